The van der Waals surface area contributed by atoms with Gasteiger partial charge in [0, 0.05) is 14.7 Å². The Balaban J connectivity index is 2.58. The summed E-state index contributed by atoms with van der Waals surface area (Å²) in [5.74, 6) is -0.268. The highest BCUT2D eigenvalue weighted by Gasteiger charge is 2.08. The number of hydrogen-bond acceptors (Lipinski definition) is 3. The Kier molecular flexibility index (Phi) is 3.73. The highest BCUT2D eigenvalue weighted by molar-refractivity contribution is 9.10. The molecule has 0 spiro atoms. The van der Waals surface area contributed by atoms with E-state index >= 15 is 0 Å². The topological polar surface area (TPSA) is 44.0 Å². The molecule has 1 aromatic rings. The molecule has 0 aliphatic heterocycles. The summed E-state index contributed by atoms with van der Waals surface area (Å²) in [7, 11) is 0. The molecule has 0 amide bonds. The largest absolute Gasteiger partial charge is 0.395 e. The van der Waals surface area contributed by atoms with Gasteiger partial charge in [-0.25, -0.2) is 0 Å². The van der Waals surface area contributed by atoms with Crippen LogP contribution in [0.5, 0.6) is 0 Å². The minimum absolute atomic E-state index is 0.0635. The Bertz CT molecular complexity index is 291. The van der Waals surface area contributed by atoms with E-state index in [0.29, 0.717) is 6.42 Å². The molecule has 1 N–H and O–H groups in total. The maximum Gasteiger partial charge on any atom is 0.0742 e. The molecule has 1 heterocycles. The summed E-state index contributed by atoms with van der Waals surface area (Å²) in [6.45, 7) is -0.0635. The fraction of sp³-hybridized carbons (Fsp3) is 0.375. The monoisotopic (exact) mass is 245 g/mol. The summed E-state index contributed by atoms with van der Waals surface area (Å²) in [5.41, 5.74) is 0. The van der Waals surface area contributed by atoms with Crippen molar-refractivity contribution in [2.24, 2.45) is 5.92 Å². The average Bonchev–Trinajstić information content (AvgIpc) is 2.47. The molecule has 0 radical (unpaired) electrons. The van der Waals surface area contributed by atoms with Crippen LogP contribution in [0, 0.1) is 17.2 Å². The van der Waals surface area contributed by atoms with Crippen molar-refractivity contribution in [3.63, 3.8) is 0 Å². The van der Waals surface area contributed by atoms with E-state index in [2.05, 4.69) is 22.0 Å². The Morgan fingerprint density at radius 3 is 2.92 bits per heavy atom. The van der Waals surface area contributed by atoms with E-state index in [9.17, 15) is 0 Å². The van der Waals surface area contributed by atoms with Gasteiger partial charge in [-0.2, -0.15) is 5.26 Å². The lowest BCUT2D eigenvalue weighted by Gasteiger charge is -2.00. The lowest BCUT2D eigenvalue weighted by Crippen LogP contribution is -2.05. The Morgan fingerprint density at radius 1 is 1.75 bits per heavy atom. The second-order valence-corrected chi connectivity index (χ2v) is 4.36. The third kappa shape index (κ3) is 2.59. The third-order valence-corrected chi connectivity index (χ3v) is 3.19. The minimum atomic E-state index is -0.268. The zero-order chi connectivity index (χ0) is 8.97. The first-order valence-electron chi connectivity index (χ1n) is 3.49. The van der Waals surface area contributed by atoms with Crippen molar-refractivity contribution in [2.45, 2.75) is 6.42 Å². The SMILES string of the molecule is N#CC(CO)Cc1cc(Br)cs1. The first kappa shape index (κ1) is 9.72. The van der Waals surface area contributed by atoms with Crippen LogP contribution >= 0.6 is 27.3 Å². The van der Waals surface area contributed by atoms with Crippen molar-refractivity contribution in [1.29, 1.82) is 5.26 Å². The third-order valence-electron chi connectivity index (χ3n) is 1.47. The fourth-order valence-electron chi connectivity index (χ4n) is 0.855. The van der Waals surface area contributed by atoms with Gasteiger partial charge in [0.1, 0.15) is 0 Å². The van der Waals surface area contributed by atoms with Crippen molar-refractivity contribution in [2.75, 3.05) is 6.61 Å². The van der Waals surface area contributed by atoms with Crippen LogP contribution < -0.4 is 0 Å². The summed E-state index contributed by atoms with van der Waals surface area (Å²) in [5, 5.41) is 19.3. The zero-order valence-corrected chi connectivity index (χ0v) is 8.73. The lowest BCUT2D eigenvalue weighted by molar-refractivity contribution is 0.256. The number of hydrogen-bond donors (Lipinski definition) is 1. The summed E-state index contributed by atoms with van der Waals surface area (Å²) in [4.78, 5) is 1.13. The van der Waals surface area contributed by atoms with Crippen molar-refractivity contribution in [1.82, 2.24) is 0 Å². The highest BCUT2D eigenvalue weighted by atomic mass is 79.9. The maximum absolute atomic E-state index is 8.76. The maximum atomic E-state index is 8.76. The van der Waals surface area contributed by atoms with Crippen molar-refractivity contribution in [3.05, 3.63) is 20.8 Å². The fourth-order valence-corrected chi connectivity index (χ4v) is 2.39. The number of aliphatic hydroxyl groups excluding tert-OH is 1. The molecule has 0 saturated heterocycles. The molecule has 1 unspecified atom stereocenters. The number of aliphatic hydroxyl groups is 1. The molecule has 64 valence electrons. The number of rotatable bonds is 3. The van der Waals surface area contributed by atoms with Gasteiger partial charge in [-0.3, -0.25) is 0 Å². The first-order chi connectivity index (χ1) is 5.76. The van der Waals surface area contributed by atoms with Gasteiger partial charge in [0.05, 0.1) is 18.6 Å². The van der Waals surface area contributed by atoms with Crippen LogP contribution in [0.4, 0.5) is 0 Å². The molecule has 1 atom stereocenters. The van der Waals surface area contributed by atoms with Gasteiger partial charge >= 0.3 is 0 Å². The van der Waals surface area contributed by atoms with Gasteiger partial charge < -0.3 is 5.11 Å². The van der Waals surface area contributed by atoms with Crippen LogP contribution in [0.3, 0.4) is 0 Å². The van der Waals surface area contributed by atoms with Gasteiger partial charge in [-0.1, -0.05) is 0 Å². The van der Waals surface area contributed by atoms with Crippen molar-refractivity contribution in [3.8, 4) is 6.07 Å². The molecule has 4 heteroatoms. The van der Waals surface area contributed by atoms with E-state index in [4.69, 9.17) is 10.4 Å². The van der Waals surface area contributed by atoms with Crippen LogP contribution in [-0.2, 0) is 6.42 Å². The minimum Gasteiger partial charge on any atom is -0.395 e. The predicted molar refractivity (Wildman–Crippen MR) is 51.9 cm³/mol. The van der Waals surface area contributed by atoms with Gasteiger partial charge in [-0.05, 0) is 28.4 Å². The molecule has 1 rings (SSSR count). The lowest BCUT2D eigenvalue weighted by atomic mass is 10.1. The molecule has 0 bridgehead atoms. The molecular formula is C8H8BrNOS. The summed E-state index contributed by atoms with van der Waals surface area (Å²) >= 11 is 4.93. The van der Waals surface area contributed by atoms with Crippen molar-refractivity contribution >= 4 is 27.3 Å². The van der Waals surface area contributed by atoms with Gasteiger partial charge in [0.15, 0.2) is 0 Å². The normalized spacial score (nSPS) is 12.4. The van der Waals surface area contributed by atoms with Gasteiger partial charge in [0.25, 0.3) is 0 Å². The summed E-state index contributed by atoms with van der Waals surface area (Å²) in [6.07, 6.45) is 0.642. The quantitative estimate of drug-likeness (QED) is 0.888. The number of nitriles is 1. The van der Waals surface area contributed by atoms with Gasteiger partial charge in [-0.15, -0.1) is 11.3 Å². The number of nitrogens with zero attached hydrogens (tertiary/aromatic N) is 1. The van der Waals surface area contributed by atoms with Crippen LogP contribution in [0.15, 0.2) is 15.9 Å². The number of thiophene rings is 1. The smallest absolute Gasteiger partial charge is 0.0742 e. The molecule has 0 fully saturated rings. The molecule has 0 aromatic carbocycles. The van der Waals surface area contributed by atoms with Crippen LogP contribution in [0.2, 0.25) is 0 Å². The Morgan fingerprint density at radius 2 is 2.50 bits per heavy atom. The number of halogens is 1. The molecule has 0 aliphatic carbocycles. The van der Waals surface area contributed by atoms with Crippen molar-refractivity contribution < 1.29 is 5.11 Å². The van der Waals surface area contributed by atoms with E-state index in [1.165, 1.54) is 0 Å². The predicted octanol–water partition coefficient (Wildman–Crippen LogP) is 2.19. The Hall–Kier alpha value is -0.370. The average molecular weight is 246 g/mol. The molecule has 12 heavy (non-hydrogen) atoms. The molecule has 2 nitrogen and oxygen atoms in total. The Labute approximate surface area is 83.6 Å². The standard InChI is InChI=1S/C8H8BrNOS/c9-7-2-8(12-5-7)1-6(3-10)4-11/h2,5-6,11H,1,4H2. The van der Waals surface area contributed by atoms with Crippen LogP contribution in [0.25, 0.3) is 0 Å². The van der Waals surface area contributed by atoms with E-state index in [1.807, 2.05) is 11.4 Å². The second-order valence-electron chi connectivity index (χ2n) is 2.44. The summed E-state index contributed by atoms with van der Waals surface area (Å²) in [6, 6.07) is 4.03. The highest BCUT2D eigenvalue weighted by Crippen LogP contribution is 2.22. The van der Waals surface area contributed by atoms with E-state index in [1.54, 1.807) is 11.3 Å². The van der Waals surface area contributed by atoms with E-state index in [-0.39, 0.29) is 12.5 Å². The van der Waals surface area contributed by atoms with Crippen LogP contribution in [0.1, 0.15) is 4.88 Å². The van der Waals surface area contributed by atoms with E-state index < -0.39 is 0 Å². The second kappa shape index (κ2) is 4.61. The zero-order valence-electron chi connectivity index (χ0n) is 6.33. The van der Waals surface area contributed by atoms with Crippen LogP contribution in [-0.4, -0.2) is 11.7 Å². The summed E-state index contributed by atoms with van der Waals surface area (Å²) < 4.78 is 1.04. The molecule has 0 aliphatic rings. The van der Waals surface area contributed by atoms with Gasteiger partial charge in [0.2, 0.25) is 0 Å². The molecule has 0 saturated carbocycles. The first-order valence-corrected chi connectivity index (χ1v) is 5.17. The molecule has 1 aromatic heterocycles. The molecular weight excluding hydrogens is 238 g/mol. The van der Waals surface area contributed by atoms with E-state index in [0.717, 1.165) is 9.35 Å².